The molecular weight excluding hydrogens is 294 g/mol. The molecule has 0 saturated heterocycles. The normalized spacial score (nSPS) is 10.5. The van der Waals surface area contributed by atoms with E-state index in [1.54, 1.807) is 36.4 Å². The van der Waals surface area contributed by atoms with Gasteiger partial charge in [0.1, 0.15) is 5.02 Å². The number of nitrogens with one attached hydrogen (secondary N) is 1. The summed E-state index contributed by atoms with van der Waals surface area (Å²) in [5.41, 5.74) is 3.05. The Morgan fingerprint density at radius 2 is 1.95 bits per heavy atom. The van der Waals surface area contributed by atoms with Crippen LogP contribution in [0.3, 0.4) is 0 Å². The standard InChI is InChI=1S/C14H10ClN3O3/c15-12-7-6-10(8-13(12)18(20)21)9-16-17-14(19)11-4-2-1-3-5-11/h1-9H,(H,17,19)/b16-9-. The SMILES string of the molecule is O=C(N/N=C\c1ccc(Cl)c([N+](=O)[O-])c1)c1ccccc1. The van der Waals surface area contributed by atoms with Crippen molar-refractivity contribution in [2.45, 2.75) is 0 Å². The number of benzene rings is 2. The topological polar surface area (TPSA) is 84.6 Å². The quantitative estimate of drug-likeness (QED) is 0.535. The molecule has 0 atom stereocenters. The Balaban J connectivity index is 2.07. The summed E-state index contributed by atoms with van der Waals surface area (Å²) in [6, 6.07) is 12.8. The van der Waals surface area contributed by atoms with Crippen molar-refractivity contribution in [3.8, 4) is 0 Å². The minimum Gasteiger partial charge on any atom is -0.267 e. The zero-order valence-corrected chi connectivity index (χ0v) is 11.4. The Labute approximate surface area is 125 Å². The third-order valence-corrected chi connectivity index (χ3v) is 2.90. The van der Waals surface area contributed by atoms with Gasteiger partial charge in [-0.15, -0.1) is 0 Å². The van der Waals surface area contributed by atoms with E-state index >= 15 is 0 Å². The van der Waals surface area contributed by atoms with Gasteiger partial charge >= 0.3 is 0 Å². The molecule has 2 aromatic rings. The highest BCUT2D eigenvalue weighted by molar-refractivity contribution is 6.32. The van der Waals surface area contributed by atoms with Crippen LogP contribution in [0.15, 0.2) is 53.6 Å². The van der Waals surface area contributed by atoms with Gasteiger partial charge in [0.2, 0.25) is 0 Å². The molecule has 1 N–H and O–H groups in total. The van der Waals surface area contributed by atoms with Gasteiger partial charge in [-0.1, -0.05) is 35.9 Å². The van der Waals surface area contributed by atoms with E-state index in [9.17, 15) is 14.9 Å². The van der Waals surface area contributed by atoms with Crippen molar-refractivity contribution in [2.24, 2.45) is 5.10 Å². The minimum absolute atomic E-state index is 0.0467. The molecule has 21 heavy (non-hydrogen) atoms. The molecule has 0 aromatic heterocycles. The summed E-state index contributed by atoms with van der Waals surface area (Å²) in [5, 5.41) is 14.6. The Morgan fingerprint density at radius 3 is 2.62 bits per heavy atom. The van der Waals surface area contributed by atoms with E-state index in [4.69, 9.17) is 11.6 Å². The number of amides is 1. The van der Waals surface area contributed by atoms with Gasteiger partial charge in [0.15, 0.2) is 0 Å². The molecule has 0 spiro atoms. The molecule has 0 aliphatic rings. The van der Waals surface area contributed by atoms with E-state index in [-0.39, 0.29) is 16.6 Å². The average Bonchev–Trinajstić information content (AvgIpc) is 2.49. The first-order valence-corrected chi connectivity index (χ1v) is 6.28. The molecule has 0 heterocycles. The summed E-state index contributed by atoms with van der Waals surface area (Å²) in [5.74, 6) is -0.365. The highest BCUT2D eigenvalue weighted by atomic mass is 35.5. The molecule has 2 aromatic carbocycles. The highest BCUT2D eigenvalue weighted by Gasteiger charge is 2.11. The molecule has 0 aliphatic carbocycles. The molecule has 0 aliphatic heterocycles. The first-order chi connectivity index (χ1) is 10.1. The molecule has 0 radical (unpaired) electrons. The van der Waals surface area contributed by atoms with Gasteiger partial charge in [0, 0.05) is 17.2 Å². The van der Waals surface area contributed by atoms with Crippen LogP contribution >= 0.6 is 11.6 Å². The summed E-state index contributed by atoms with van der Waals surface area (Å²) in [6.45, 7) is 0. The van der Waals surface area contributed by atoms with Crippen LogP contribution in [-0.2, 0) is 0 Å². The molecule has 0 bridgehead atoms. The number of nitrogens with zero attached hydrogens (tertiary/aromatic N) is 2. The number of nitro benzene ring substituents is 1. The second-order valence-corrected chi connectivity index (χ2v) is 4.44. The Kier molecular flexibility index (Phi) is 4.63. The number of nitro groups is 1. The first kappa shape index (κ1) is 14.7. The maximum Gasteiger partial charge on any atom is 0.288 e. The van der Waals surface area contributed by atoms with Crippen LogP contribution in [0.4, 0.5) is 5.69 Å². The third-order valence-electron chi connectivity index (χ3n) is 2.58. The van der Waals surface area contributed by atoms with Gasteiger partial charge in [-0.05, 0) is 18.2 Å². The van der Waals surface area contributed by atoms with Crippen molar-refractivity contribution < 1.29 is 9.72 Å². The van der Waals surface area contributed by atoms with Crippen LogP contribution in [-0.4, -0.2) is 17.0 Å². The number of carbonyl (C=O) groups is 1. The fraction of sp³-hybridized carbons (Fsp3) is 0. The Morgan fingerprint density at radius 1 is 1.24 bits per heavy atom. The second kappa shape index (κ2) is 6.62. The lowest BCUT2D eigenvalue weighted by Gasteiger charge is -1.99. The first-order valence-electron chi connectivity index (χ1n) is 5.90. The average molecular weight is 304 g/mol. The van der Waals surface area contributed by atoms with Crippen molar-refractivity contribution in [3.63, 3.8) is 0 Å². The van der Waals surface area contributed by atoms with Crippen LogP contribution in [0, 0.1) is 10.1 Å². The lowest BCUT2D eigenvalue weighted by atomic mass is 10.2. The zero-order valence-electron chi connectivity index (χ0n) is 10.7. The fourth-order valence-electron chi connectivity index (χ4n) is 1.57. The van der Waals surface area contributed by atoms with E-state index in [1.165, 1.54) is 18.3 Å². The van der Waals surface area contributed by atoms with E-state index < -0.39 is 4.92 Å². The molecule has 6 nitrogen and oxygen atoms in total. The Hall–Kier alpha value is -2.73. The summed E-state index contributed by atoms with van der Waals surface area (Å²) < 4.78 is 0. The fourth-order valence-corrected chi connectivity index (χ4v) is 1.76. The molecule has 0 fully saturated rings. The number of carbonyl (C=O) groups excluding carboxylic acids is 1. The number of hydrazone groups is 1. The van der Waals surface area contributed by atoms with Gasteiger partial charge in [0.25, 0.3) is 11.6 Å². The molecule has 2 rings (SSSR count). The highest BCUT2D eigenvalue weighted by Crippen LogP contribution is 2.24. The Bertz CT molecular complexity index is 702. The van der Waals surface area contributed by atoms with E-state index in [0.29, 0.717) is 11.1 Å². The van der Waals surface area contributed by atoms with Gasteiger partial charge in [-0.2, -0.15) is 5.10 Å². The van der Waals surface area contributed by atoms with Crippen LogP contribution in [0.5, 0.6) is 0 Å². The lowest BCUT2D eigenvalue weighted by molar-refractivity contribution is -0.384. The van der Waals surface area contributed by atoms with E-state index in [0.717, 1.165) is 0 Å². The van der Waals surface area contributed by atoms with Crippen molar-refractivity contribution in [2.75, 3.05) is 0 Å². The van der Waals surface area contributed by atoms with Crippen molar-refractivity contribution >= 4 is 29.4 Å². The van der Waals surface area contributed by atoms with E-state index in [2.05, 4.69) is 10.5 Å². The smallest absolute Gasteiger partial charge is 0.267 e. The third kappa shape index (κ3) is 3.87. The van der Waals surface area contributed by atoms with Crippen LogP contribution in [0.2, 0.25) is 5.02 Å². The van der Waals surface area contributed by atoms with E-state index in [1.807, 2.05) is 0 Å². The van der Waals surface area contributed by atoms with Crippen molar-refractivity contribution in [1.82, 2.24) is 5.43 Å². The maximum absolute atomic E-state index is 11.7. The van der Waals surface area contributed by atoms with Gasteiger partial charge < -0.3 is 0 Å². The van der Waals surface area contributed by atoms with Crippen LogP contribution in [0.1, 0.15) is 15.9 Å². The van der Waals surface area contributed by atoms with Crippen molar-refractivity contribution in [3.05, 3.63) is 74.8 Å². The monoisotopic (exact) mass is 303 g/mol. The number of hydrogen-bond acceptors (Lipinski definition) is 4. The van der Waals surface area contributed by atoms with Gasteiger partial charge in [-0.3, -0.25) is 14.9 Å². The summed E-state index contributed by atoms with van der Waals surface area (Å²) in [7, 11) is 0. The minimum atomic E-state index is -0.581. The van der Waals surface area contributed by atoms with Gasteiger partial charge in [0.05, 0.1) is 11.1 Å². The summed E-state index contributed by atoms with van der Waals surface area (Å²) >= 11 is 5.70. The van der Waals surface area contributed by atoms with Crippen LogP contribution < -0.4 is 5.43 Å². The molecule has 0 saturated carbocycles. The maximum atomic E-state index is 11.7. The second-order valence-electron chi connectivity index (χ2n) is 4.03. The molecule has 106 valence electrons. The number of halogens is 1. The summed E-state index contributed by atoms with van der Waals surface area (Å²) in [6.07, 6.45) is 1.31. The van der Waals surface area contributed by atoms with Crippen LogP contribution in [0.25, 0.3) is 0 Å². The number of rotatable bonds is 4. The number of hydrogen-bond donors (Lipinski definition) is 1. The lowest BCUT2D eigenvalue weighted by Crippen LogP contribution is -2.17. The molecule has 7 heteroatoms. The molecule has 0 unspecified atom stereocenters. The van der Waals surface area contributed by atoms with Crippen molar-refractivity contribution in [1.29, 1.82) is 0 Å². The molecule has 1 amide bonds. The predicted molar refractivity (Wildman–Crippen MR) is 79.6 cm³/mol. The van der Waals surface area contributed by atoms with Gasteiger partial charge in [-0.25, -0.2) is 5.43 Å². The zero-order chi connectivity index (χ0) is 15.2. The largest absolute Gasteiger partial charge is 0.288 e. The summed E-state index contributed by atoms with van der Waals surface area (Å²) in [4.78, 5) is 21.9. The predicted octanol–water partition coefficient (Wildman–Crippen LogP) is 3.01. The molecular formula is C14H10ClN3O3.